The van der Waals surface area contributed by atoms with Crippen LogP contribution in [0.4, 0.5) is 5.95 Å². The number of hydrogen-bond donors (Lipinski definition) is 1. The van der Waals surface area contributed by atoms with Crippen molar-refractivity contribution in [1.29, 1.82) is 0 Å². The first kappa shape index (κ1) is 11.6. The van der Waals surface area contributed by atoms with Crippen molar-refractivity contribution >= 4 is 17.5 Å². The molecule has 0 spiro atoms. The summed E-state index contributed by atoms with van der Waals surface area (Å²) in [5.74, 6) is 1.21. The van der Waals surface area contributed by atoms with Gasteiger partial charge in [-0.3, -0.25) is 0 Å². The number of halogens is 1. The summed E-state index contributed by atoms with van der Waals surface area (Å²) in [6.45, 7) is 0.493. The molecule has 0 amide bonds. The summed E-state index contributed by atoms with van der Waals surface area (Å²) in [5, 5.41) is 3.08. The summed E-state index contributed by atoms with van der Waals surface area (Å²) in [5.41, 5.74) is 0. The van der Waals surface area contributed by atoms with Crippen molar-refractivity contribution in [3.63, 3.8) is 0 Å². The Balaban J connectivity index is 2.09. The fourth-order valence-corrected chi connectivity index (χ4v) is 1.38. The molecular weight excluding hydrogens is 244 g/mol. The molecule has 0 saturated heterocycles. The number of methoxy groups -OCH3 is 1. The predicted molar refractivity (Wildman–Crippen MR) is 61.9 cm³/mol. The SMILES string of the molecule is COc1nc(Cl)nc(NCc2nccn2C)n1. The Labute approximate surface area is 103 Å². The largest absolute Gasteiger partial charge is 0.467 e. The van der Waals surface area contributed by atoms with Gasteiger partial charge in [-0.25, -0.2) is 4.98 Å². The van der Waals surface area contributed by atoms with E-state index in [1.165, 1.54) is 7.11 Å². The lowest BCUT2D eigenvalue weighted by molar-refractivity contribution is 0.379. The molecule has 0 aliphatic carbocycles. The van der Waals surface area contributed by atoms with Gasteiger partial charge in [0.15, 0.2) is 0 Å². The molecule has 0 saturated carbocycles. The van der Waals surface area contributed by atoms with E-state index >= 15 is 0 Å². The van der Waals surface area contributed by atoms with Crippen LogP contribution in [0.5, 0.6) is 6.01 Å². The lowest BCUT2D eigenvalue weighted by Gasteiger charge is -2.05. The first-order chi connectivity index (χ1) is 8.19. The average Bonchev–Trinajstić information content (AvgIpc) is 2.71. The van der Waals surface area contributed by atoms with Crippen LogP contribution >= 0.6 is 11.6 Å². The predicted octanol–water partition coefficient (Wildman–Crippen LogP) is 0.879. The van der Waals surface area contributed by atoms with Crippen molar-refractivity contribution in [3.05, 3.63) is 23.5 Å². The van der Waals surface area contributed by atoms with Crippen molar-refractivity contribution < 1.29 is 4.74 Å². The Morgan fingerprint density at radius 1 is 1.41 bits per heavy atom. The normalized spacial score (nSPS) is 10.3. The summed E-state index contributed by atoms with van der Waals surface area (Å²) in [4.78, 5) is 15.9. The Bertz CT molecular complexity index is 514. The molecule has 8 heteroatoms. The highest BCUT2D eigenvalue weighted by molar-refractivity contribution is 6.28. The van der Waals surface area contributed by atoms with Crippen LogP contribution < -0.4 is 10.1 Å². The molecule has 17 heavy (non-hydrogen) atoms. The minimum absolute atomic E-state index is 0.0826. The molecule has 1 N–H and O–H groups in total. The van der Waals surface area contributed by atoms with E-state index in [0.717, 1.165) is 5.82 Å². The Morgan fingerprint density at radius 2 is 2.24 bits per heavy atom. The van der Waals surface area contributed by atoms with Gasteiger partial charge in [-0.1, -0.05) is 0 Å². The van der Waals surface area contributed by atoms with Gasteiger partial charge in [-0.15, -0.1) is 0 Å². The maximum absolute atomic E-state index is 5.72. The Kier molecular flexibility index (Phi) is 3.38. The van der Waals surface area contributed by atoms with Crippen LogP contribution in [0.1, 0.15) is 5.82 Å². The number of nitrogens with zero attached hydrogens (tertiary/aromatic N) is 5. The van der Waals surface area contributed by atoms with Gasteiger partial charge >= 0.3 is 6.01 Å². The van der Waals surface area contributed by atoms with E-state index in [-0.39, 0.29) is 11.3 Å². The van der Waals surface area contributed by atoms with Crippen molar-refractivity contribution in [2.45, 2.75) is 6.54 Å². The van der Waals surface area contributed by atoms with Crippen molar-refractivity contribution in [3.8, 4) is 6.01 Å². The smallest absolute Gasteiger partial charge is 0.322 e. The van der Waals surface area contributed by atoms with Crippen LogP contribution in [-0.4, -0.2) is 31.6 Å². The van der Waals surface area contributed by atoms with Gasteiger partial charge < -0.3 is 14.6 Å². The second-order valence-corrected chi connectivity index (χ2v) is 3.56. The number of nitrogens with one attached hydrogen (secondary N) is 1. The summed E-state index contributed by atoms with van der Waals surface area (Å²) < 4.78 is 6.78. The van der Waals surface area contributed by atoms with Gasteiger partial charge in [-0.2, -0.15) is 15.0 Å². The first-order valence-corrected chi connectivity index (χ1v) is 5.22. The zero-order valence-corrected chi connectivity index (χ0v) is 10.1. The molecule has 90 valence electrons. The molecule has 0 aromatic carbocycles. The second-order valence-electron chi connectivity index (χ2n) is 3.22. The lowest BCUT2D eigenvalue weighted by atomic mass is 10.6. The molecule has 2 heterocycles. The maximum atomic E-state index is 5.72. The molecule has 0 aliphatic heterocycles. The van der Waals surface area contributed by atoms with Crippen LogP contribution in [0.25, 0.3) is 0 Å². The Morgan fingerprint density at radius 3 is 2.88 bits per heavy atom. The molecule has 0 atom stereocenters. The van der Waals surface area contributed by atoms with Crippen LogP contribution in [0, 0.1) is 0 Å². The third-order valence-electron chi connectivity index (χ3n) is 2.10. The van der Waals surface area contributed by atoms with Gasteiger partial charge in [0.1, 0.15) is 5.82 Å². The fraction of sp³-hybridized carbons (Fsp3) is 0.333. The minimum Gasteiger partial charge on any atom is -0.467 e. The van der Waals surface area contributed by atoms with E-state index < -0.39 is 0 Å². The zero-order valence-electron chi connectivity index (χ0n) is 9.38. The highest BCUT2D eigenvalue weighted by Crippen LogP contribution is 2.11. The third-order valence-corrected chi connectivity index (χ3v) is 2.26. The van der Waals surface area contributed by atoms with Crippen LogP contribution in [-0.2, 0) is 13.6 Å². The molecule has 2 aromatic heterocycles. The van der Waals surface area contributed by atoms with Crippen molar-refractivity contribution in [2.24, 2.45) is 7.05 Å². The summed E-state index contributed by atoms with van der Waals surface area (Å²) in [6.07, 6.45) is 3.58. The molecule has 7 nitrogen and oxygen atoms in total. The topological polar surface area (TPSA) is 77.8 Å². The molecule has 0 aliphatic rings. The fourth-order valence-electron chi connectivity index (χ4n) is 1.23. The number of rotatable bonds is 4. The van der Waals surface area contributed by atoms with E-state index in [2.05, 4.69) is 25.3 Å². The van der Waals surface area contributed by atoms with E-state index in [9.17, 15) is 0 Å². The maximum Gasteiger partial charge on any atom is 0.322 e. The minimum atomic E-state index is 0.0826. The quantitative estimate of drug-likeness (QED) is 0.873. The first-order valence-electron chi connectivity index (χ1n) is 4.84. The average molecular weight is 255 g/mol. The lowest BCUT2D eigenvalue weighted by Crippen LogP contribution is -2.09. The Hall–Kier alpha value is -1.89. The molecule has 2 aromatic rings. The number of anilines is 1. The van der Waals surface area contributed by atoms with Gasteiger partial charge in [0.05, 0.1) is 13.7 Å². The van der Waals surface area contributed by atoms with Gasteiger partial charge in [-0.05, 0) is 11.6 Å². The summed E-state index contributed by atoms with van der Waals surface area (Å²) in [6, 6.07) is 0.173. The molecule has 2 rings (SSSR count). The number of aryl methyl sites for hydroxylation is 1. The molecule has 0 radical (unpaired) electrons. The van der Waals surface area contributed by atoms with E-state index in [4.69, 9.17) is 16.3 Å². The summed E-state index contributed by atoms with van der Waals surface area (Å²) >= 11 is 5.72. The third kappa shape index (κ3) is 2.82. The molecule has 0 bridgehead atoms. The van der Waals surface area contributed by atoms with Crippen LogP contribution in [0.15, 0.2) is 12.4 Å². The van der Waals surface area contributed by atoms with Crippen molar-refractivity contribution in [2.75, 3.05) is 12.4 Å². The zero-order chi connectivity index (χ0) is 12.3. The molecule has 0 unspecified atom stereocenters. The van der Waals surface area contributed by atoms with Crippen molar-refractivity contribution in [1.82, 2.24) is 24.5 Å². The van der Waals surface area contributed by atoms with E-state index in [0.29, 0.717) is 12.5 Å². The highest BCUT2D eigenvalue weighted by Gasteiger charge is 2.05. The monoisotopic (exact) mass is 254 g/mol. The number of ether oxygens (including phenoxy) is 1. The number of hydrogen-bond acceptors (Lipinski definition) is 6. The highest BCUT2D eigenvalue weighted by atomic mass is 35.5. The van der Waals surface area contributed by atoms with Gasteiger partial charge in [0.25, 0.3) is 0 Å². The van der Waals surface area contributed by atoms with Gasteiger partial charge in [0, 0.05) is 19.4 Å². The van der Waals surface area contributed by atoms with Crippen LogP contribution in [0.3, 0.4) is 0 Å². The standard InChI is InChI=1S/C9H11ClN6O/c1-16-4-3-11-6(16)5-12-8-13-7(10)14-9(15-8)17-2/h3-4H,5H2,1-2H3,(H,12,13,14,15). The van der Waals surface area contributed by atoms with E-state index in [1.54, 1.807) is 6.20 Å². The second kappa shape index (κ2) is 4.96. The van der Waals surface area contributed by atoms with E-state index in [1.807, 2.05) is 17.8 Å². The molecular formula is C9H11ClN6O. The van der Waals surface area contributed by atoms with Gasteiger partial charge in [0.2, 0.25) is 11.2 Å². The van der Waals surface area contributed by atoms with Crippen LogP contribution in [0.2, 0.25) is 5.28 Å². The molecule has 0 fully saturated rings. The number of aromatic nitrogens is 5. The number of imidazole rings is 1. The summed E-state index contributed by atoms with van der Waals surface area (Å²) in [7, 11) is 3.37.